The molecule has 0 unspecified atom stereocenters. The minimum atomic E-state index is -0.346. The van der Waals surface area contributed by atoms with E-state index in [1.807, 2.05) is 0 Å². The normalized spacial score (nSPS) is 10.8. The van der Waals surface area contributed by atoms with Crippen LogP contribution in [0.15, 0.2) is 45.3 Å². The lowest BCUT2D eigenvalue weighted by Crippen LogP contribution is -1.92. The average Bonchev–Trinajstić information content (AvgIpc) is 2.78. The molecule has 0 fully saturated rings. The quantitative estimate of drug-likeness (QED) is 0.699. The number of nitrogens with one attached hydrogen (secondary N) is 1. The van der Waals surface area contributed by atoms with Crippen molar-refractivity contribution in [2.45, 2.75) is 0 Å². The number of nitrogen functional groups attached to an aromatic ring is 1. The molecule has 3 aromatic rings. The lowest BCUT2D eigenvalue weighted by Gasteiger charge is -2.03. The van der Waals surface area contributed by atoms with Crippen molar-refractivity contribution >= 4 is 44.4 Å². The van der Waals surface area contributed by atoms with Crippen LogP contribution in [0.3, 0.4) is 0 Å². The SMILES string of the molecule is Nc1cccc2oc(Nc3cc(F)ccc3Br)nc12. The number of nitrogens with two attached hydrogens (primary N) is 1. The second-order valence-electron chi connectivity index (χ2n) is 3.96. The molecule has 0 saturated carbocycles. The van der Waals surface area contributed by atoms with Crippen molar-refractivity contribution in [2.75, 3.05) is 11.1 Å². The van der Waals surface area contributed by atoms with Gasteiger partial charge in [0.05, 0.1) is 11.4 Å². The number of anilines is 3. The van der Waals surface area contributed by atoms with Crippen LogP contribution in [0.2, 0.25) is 0 Å². The number of benzene rings is 2. The summed E-state index contributed by atoms with van der Waals surface area (Å²) in [5.74, 6) is -0.346. The summed E-state index contributed by atoms with van der Waals surface area (Å²) in [5, 5.41) is 2.91. The van der Waals surface area contributed by atoms with E-state index in [-0.39, 0.29) is 11.8 Å². The van der Waals surface area contributed by atoms with Crippen LogP contribution in [0, 0.1) is 5.82 Å². The van der Waals surface area contributed by atoms with Crippen molar-refractivity contribution < 1.29 is 8.81 Å². The number of oxazole rings is 1. The van der Waals surface area contributed by atoms with Crippen molar-refractivity contribution in [1.29, 1.82) is 0 Å². The zero-order valence-corrected chi connectivity index (χ0v) is 11.2. The van der Waals surface area contributed by atoms with Crippen LogP contribution in [-0.4, -0.2) is 4.98 Å². The van der Waals surface area contributed by atoms with Gasteiger partial charge >= 0.3 is 0 Å². The predicted molar refractivity (Wildman–Crippen MR) is 75.8 cm³/mol. The molecule has 3 rings (SSSR count). The third-order valence-corrected chi connectivity index (χ3v) is 3.31. The highest BCUT2D eigenvalue weighted by Gasteiger charge is 2.10. The lowest BCUT2D eigenvalue weighted by molar-refractivity contribution is 0.620. The number of halogens is 2. The second kappa shape index (κ2) is 4.55. The maximum Gasteiger partial charge on any atom is 0.300 e. The Hall–Kier alpha value is -2.08. The molecular weight excluding hydrogens is 313 g/mol. The van der Waals surface area contributed by atoms with Crippen molar-refractivity contribution in [1.82, 2.24) is 4.98 Å². The first-order valence-electron chi connectivity index (χ1n) is 5.50. The van der Waals surface area contributed by atoms with Crippen LogP contribution in [0.25, 0.3) is 11.1 Å². The third-order valence-electron chi connectivity index (χ3n) is 2.62. The molecule has 6 heteroatoms. The fourth-order valence-electron chi connectivity index (χ4n) is 1.73. The minimum Gasteiger partial charge on any atom is -0.423 e. The molecule has 0 bridgehead atoms. The summed E-state index contributed by atoms with van der Waals surface area (Å²) < 4.78 is 19.4. The average molecular weight is 322 g/mol. The minimum absolute atomic E-state index is 0.263. The molecule has 0 aliphatic heterocycles. The Kier molecular flexibility index (Phi) is 2.87. The molecule has 0 atom stereocenters. The van der Waals surface area contributed by atoms with Gasteiger partial charge in [-0.3, -0.25) is 0 Å². The van der Waals surface area contributed by atoms with Gasteiger partial charge in [0.25, 0.3) is 6.01 Å². The molecule has 0 amide bonds. The van der Waals surface area contributed by atoms with Gasteiger partial charge in [-0.15, -0.1) is 0 Å². The summed E-state index contributed by atoms with van der Waals surface area (Å²) in [6, 6.07) is 9.87. The van der Waals surface area contributed by atoms with Crippen molar-refractivity contribution in [3.8, 4) is 0 Å². The molecule has 0 radical (unpaired) electrons. The zero-order valence-electron chi connectivity index (χ0n) is 9.65. The van der Waals surface area contributed by atoms with Gasteiger partial charge in [0, 0.05) is 4.47 Å². The second-order valence-corrected chi connectivity index (χ2v) is 4.82. The van der Waals surface area contributed by atoms with E-state index < -0.39 is 0 Å². The highest BCUT2D eigenvalue weighted by Crippen LogP contribution is 2.29. The van der Waals surface area contributed by atoms with E-state index in [0.717, 1.165) is 0 Å². The number of hydrogen-bond donors (Lipinski definition) is 2. The summed E-state index contributed by atoms with van der Waals surface area (Å²) in [7, 11) is 0. The number of fused-ring (bicyclic) bond motifs is 1. The van der Waals surface area contributed by atoms with Crippen LogP contribution < -0.4 is 11.1 Å². The Morgan fingerprint density at radius 2 is 2.11 bits per heavy atom. The van der Waals surface area contributed by atoms with E-state index in [0.29, 0.717) is 26.9 Å². The molecule has 1 heterocycles. The predicted octanol–water partition coefficient (Wildman–Crippen LogP) is 4.06. The third kappa shape index (κ3) is 2.26. The molecule has 0 aliphatic rings. The van der Waals surface area contributed by atoms with Crippen molar-refractivity contribution in [3.05, 3.63) is 46.7 Å². The Morgan fingerprint density at radius 3 is 2.89 bits per heavy atom. The van der Waals surface area contributed by atoms with E-state index in [2.05, 4.69) is 26.2 Å². The molecule has 0 saturated heterocycles. The molecule has 4 nitrogen and oxygen atoms in total. The number of rotatable bonds is 2. The Bertz CT molecular complexity index is 757. The first kappa shape index (κ1) is 12.0. The topological polar surface area (TPSA) is 64.1 Å². The van der Waals surface area contributed by atoms with Gasteiger partial charge in [-0.25, -0.2) is 4.39 Å². The van der Waals surface area contributed by atoms with E-state index >= 15 is 0 Å². The summed E-state index contributed by atoms with van der Waals surface area (Å²) in [5.41, 5.74) is 8.02. The molecule has 0 spiro atoms. The smallest absolute Gasteiger partial charge is 0.300 e. The summed E-state index contributed by atoms with van der Waals surface area (Å²) in [4.78, 5) is 4.23. The summed E-state index contributed by atoms with van der Waals surface area (Å²) >= 11 is 3.32. The first-order valence-corrected chi connectivity index (χ1v) is 6.30. The van der Waals surface area contributed by atoms with Crippen molar-refractivity contribution in [2.24, 2.45) is 0 Å². The number of nitrogens with zero attached hydrogens (tertiary/aromatic N) is 1. The maximum absolute atomic E-state index is 13.2. The van der Waals surface area contributed by atoms with Gasteiger partial charge < -0.3 is 15.5 Å². The molecule has 3 N–H and O–H groups in total. The monoisotopic (exact) mass is 321 g/mol. The van der Waals surface area contributed by atoms with E-state index in [9.17, 15) is 4.39 Å². The van der Waals surface area contributed by atoms with E-state index in [1.165, 1.54) is 12.1 Å². The van der Waals surface area contributed by atoms with Gasteiger partial charge in [-0.1, -0.05) is 6.07 Å². The number of para-hydroxylation sites is 1. The Balaban J connectivity index is 2.01. The highest BCUT2D eigenvalue weighted by atomic mass is 79.9. The highest BCUT2D eigenvalue weighted by molar-refractivity contribution is 9.10. The van der Waals surface area contributed by atoms with Crippen LogP contribution in [0.5, 0.6) is 0 Å². The maximum atomic E-state index is 13.2. The fourth-order valence-corrected chi connectivity index (χ4v) is 2.08. The molecular formula is C13H9BrFN3O. The fraction of sp³-hybridized carbons (Fsp3) is 0. The van der Waals surface area contributed by atoms with Gasteiger partial charge in [-0.2, -0.15) is 4.98 Å². The van der Waals surface area contributed by atoms with E-state index in [1.54, 1.807) is 24.3 Å². The van der Waals surface area contributed by atoms with Gasteiger partial charge in [0.15, 0.2) is 5.58 Å². The van der Waals surface area contributed by atoms with Gasteiger partial charge in [-0.05, 0) is 46.3 Å². The Morgan fingerprint density at radius 1 is 1.26 bits per heavy atom. The van der Waals surface area contributed by atoms with Crippen LogP contribution in [0.1, 0.15) is 0 Å². The van der Waals surface area contributed by atoms with Crippen LogP contribution in [0.4, 0.5) is 21.8 Å². The molecule has 1 aromatic heterocycles. The van der Waals surface area contributed by atoms with Crippen molar-refractivity contribution in [3.63, 3.8) is 0 Å². The van der Waals surface area contributed by atoms with Crippen LogP contribution >= 0.6 is 15.9 Å². The Labute approximate surface area is 116 Å². The van der Waals surface area contributed by atoms with E-state index in [4.69, 9.17) is 10.2 Å². The number of aromatic nitrogens is 1. The zero-order chi connectivity index (χ0) is 13.4. The lowest BCUT2D eigenvalue weighted by atomic mass is 10.3. The summed E-state index contributed by atoms with van der Waals surface area (Å²) in [6.45, 7) is 0. The molecule has 0 aliphatic carbocycles. The van der Waals surface area contributed by atoms with Gasteiger partial charge in [0.1, 0.15) is 11.3 Å². The van der Waals surface area contributed by atoms with Crippen LogP contribution in [-0.2, 0) is 0 Å². The summed E-state index contributed by atoms with van der Waals surface area (Å²) in [6.07, 6.45) is 0. The largest absolute Gasteiger partial charge is 0.423 e. The molecule has 19 heavy (non-hydrogen) atoms. The first-order chi connectivity index (χ1) is 9.13. The molecule has 2 aromatic carbocycles. The number of hydrogen-bond acceptors (Lipinski definition) is 4. The molecule has 96 valence electrons. The standard InChI is InChI=1S/C13H9BrFN3O/c14-8-5-4-7(15)6-10(8)17-13-18-12-9(16)2-1-3-11(12)19-13/h1-6H,16H2,(H,17,18). The van der Waals surface area contributed by atoms with Gasteiger partial charge in [0.2, 0.25) is 0 Å².